The van der Waals surface area contributed by atoms with E-state index in [1.54, 1.807) is 0 Å². The lowest BCUT2D eigenvalue weighted by Gasteiger charge is -2.24. The fourth-order valence-corrected chi connectivity index (χ4v) is 3.46. The predicted octanol–water partition coefficient (Wildman–Crippen LogP) is 1.84. The van der Waals surface area contributed by atoms with Gasteiger partial charge in [0.1, 0.15) is 0 Å². The van der Waals surface area contributed by atoms with Crippen molar-refractivity contribution in [2.24, 2.45) is 0 Å². The molecule has 2 atom stereocenters. The van der Waals surface area contributed by atoms with E-state index in [1.807, 2.05) is 11.8 Å². The molecule has 3 rings (SSSR count). The predicted molar refractivity (Wildman–Crippen MR) is 68.5 cm³/mol. The van der Waals surface area contributed by atoms with Crippen molar-refractivity contribution in [3.63, 3.8) is 0 Å². The average Bonchev–Trinajstić information content (AvgIpc) is 2.81. The van der Waals surface area contributed by atoms with Crippen LogP contribution in [-0.2, 0) is 9.47 Å². The van der Waals surface area contributed by atoms with Crippen molar-refractivity contribution < 1.29 is 9.47 Å². The molecule has 1 saturated heterocycles. The molecular formula is C13H17NO2S. The summed E-state index contributed by atoms with van der Waals surface area (Å²) in [7, 11) is 0. The number of benzene rings is 1. The summed E-state index contributed by atoms with van der Waals surface area (Å²) in [6.07, 6.45) is 0.210. The van der Waals surface area contributed by atoms with Crippen molar-refractivity contribution in [2.75, 3.05) is 32.1 Å². The Morgan fingerprint density at radius 3 is 3.12 bits per heavy atom. The van der Waals surface area contributed by atoms with Crippen LogP contribution in [0.2, 0.25) is 0 Å². The highest BCUT2D eigenvalue weighted by atomic mass is 32.2. The Morgan fingerprint density at radius 1 is 1.29 bits per heavy atom. The molecule has 0 saturated carbocycles. The van der Waals surface area contributed by atoms with Crippen LogP contribution in [0.1, 0.15) is 11.6 Å². The molecule has 0 aromatic heterocycles. The minimum absolute atomic E-state index is 0.210. The van der Waals surface area contributed by atoms with Gasteiger partial charge in [-0.25, -0.2) is 0 Å². The van der Waals surface area contributed by atoms with E-state index >= 15 is 0 Å². The quantitative estimate of drug-likeness (QED) is 0.888. The van der Waals surface area contributed by atoms with Crippen LogP contribution < -0.4 is 5.32 Å². The molecule has 0 bridgehead atoms. The molecule has 2 aliphatic rings. The van der Waals surface area contributed by atoms with E-state index in [0.717, 1.165) is 25.5 Å². The molecular weight excluding hydrogens is 234 g/mol. The zero-order valence-electron chi connectivity index (χ0n) is 9.72. The molecule has 4 heteroatoms. The Kier molecular flexibility index (Phi) is 3.66. The highest BCUT2D eigenvalue weighted by Crippen LogP contribution is 2.37. The van der Waals surface area contributed by atoms with Gasteiger partial charge in [-0.1, -0.05) is 18.2 Å². The van der Waals surface area contributed by atoms with Gasteiger partial charge in [-0.2, -0.15) is 0 Å². The van der Waals surface area contributed by atoms with E-state index < -0.39 is 0 Å². The number of fused-ring (bicyclic) bond motifs is 1. The maximum Gasteiger partial charge on any atom is 0.0933 e. The standard InChI is InChI=1S/C13H17NO2S/c1-2-4-13-11(3-1)12(9-17-13)14-7-10-8-15-5-6-16-10/h1-4,10,12,14H,5-9H2. The number of hydrogen-bond donors (Lipinski definition) is 1. The first-order valence-electron chi connectivity index (χ1n) is 6.08. The van der Waals surface area contributed by atoms with Crippen molar-refractivity contribution in [1.29, 1.82) is 0 Å². The zero-order valence-corrected chi connectivity index (χ0v) is 10.5. The van der Waals surface area contributed by atoms with Gasteiger partial charge in [0.05, 0.1) is 25.9 Å². The summed E-state index contributed by atoms with van der Waals surface area (Å²) in [5.41, 5.74) is 1.43. The highest BCUT2D eigenvalue weighted by molar-refractivity contribution is 7.99. The SMILES string of the molecule is c1ccc2c(c1)SCC2NCC1COCCO1. The highest BCUT2D eigenvalue weighted by Gasteiger charge is 2.23. The van der Waals surface area contributed by atoms with Gasteiger partial charge in [0.2, 0.25) is 0 Å². The molecule has 0 aliphatic carbocycles. The summed E-state index contributed by atoms with van der Waals surface area (Å²) >= 11 is 1.93. The fourth-order valence-electron chi connectivity index (χ4n) is 2.26. The largest absolute Gasteiger partial charge is 0.376 e. The molecule has 1 aromatic carbocycles. The minimum Gasteiger partial charge on any atom is -0.376 e. The van der Waals surface area contributed by atoms with Gasteiger partial charge < -0.3 is 14.8 Å². The molecule has 1 aromatic rings. The van der Waals surface area contributed by atoms with Gasteiger partial charge in [0.25, 0.3) is 0 Å². The van der Waals surface area contributed by atoms with Crippen molar-refractivity contribution in [1.82, 2.24) is 5.32 Å². The summed E-state index contributed by atoms with van der Waals surface area (Å²) in [4.78, 5) is 1.41. The molecule has 2 heterocycles. The van der Waals surface area contributed by atoms with Gasteiger partial charge >= 0.3 is 0 Å². The Hall–Kier alpha value is -0.550. The average molecular weight is 251 g/mol. The fraction of sp³-hybridized carbons (Fsp3) is 0.538. The Bertz CT molecular complexity index is 379. The van der Waals surface area contributed by atoms with E-state index in [2.05, 4.69) is 29.6 Å². The number of hydrogen-bond acceptors (Lipinski definition) is 4. The summed E-state index contributed by atoms with van der Waals surface area (Å²) < 4.78 is 11.0. The summed E-state index contributed by atoms with van der Waals surface area (Å²) in [6.45, 7) is 3.05. The lowest BCUT2D eigenvalue weighted by molar-refractivity contribution is -0.0869. The van der Waals surface area contributed by atoms with Crippen LogP contribution in [0.4, 0.5) is 0 Å². The van der Waals surface area contributed by atoms with Crippen LogP contribution in [0.25, 0.3) is 0 Å². The van der Waals surface area contributed by atoms with E-state index in [4.69, 9.17) is 9.47 Å². The van der Waals surface area contributed by atoms with Gasteiger partial charge in [0.15, 0.2) is 0 Å². The number of thioether (sulfide) groups is 1. The molecule has 0 spiro atoms. The molecule has 3 nitrogen and oxygen atoms in total. The van der Waals surface area contributed by atoms with E-state index in [9.17, 15) is 0 Å². The van der Waals surface area contributed by atoms with E-state index in [1.165, 1.54) is 10.5 Å². The molecule has 1 fully saturated rings. The van der Waals surface area contributed by atoms with E-state index in [0.29, 0.717) is 12.6 Å². The van der Waals surface area contributed by atoms with Gasteiger partial charge in [-0.3, -0.25) is 0 Å². The Balaban J connectivity index is 1.56. The second kappa shape index (κ2) is 5.40. The topological polar surface area (TPSA) is 30.5 Å². The maximum absolute atomic E-state index is 5.63. The number of ether oxygens (including phenoxy) is 2. The first-order valence-corrected chi connectivity index (χ1v) is 7.06. The maximum atomic E-state index is 5.63. The van der Waals surface area contributed by atoms with Crippen LogP contribution in [0, 0.1) is 0 Å². The minimum atomic E-state index is 0.210. The van der Waals surface area contributed by atoms with Crippen LogP contribution in [0.5, 0.6) is 0 Å². The van der Waals surface area contributed by atoms with Crippen molar-refractivity contribution in [2.45, 2.75) is 17.0 Å². The van der Waals surface area contributed by atoms with Gasteiger partial charge in [-0.05, 0) is 11.6 Å². The van der Waals surface area contributed by atoms with Crippen LogP contribution in [0.3, 0.4) is 0 Å². The van der Waals surface area contributed by atoms with E-state index in [-0.39, 0.29) is 6.10 Å². The zero-order chi connectivity index (χ0) is 11.5. The molecule has 2 aliphatic heterocycles. The molecule has 0 amide bonds. The Labute approximate surface area is 106 Å². The monoisotopic (exact) mass is 251 g/mol. The second-order valence-corrected chi connectivity index (χ2v) is 5.44. The third-order valence-corrected chi connectivity index (χ3v) is 4.36. The van der Waals surface area contributed by atoms with Gasteiger partial charge in [0, 0.05) is 23.2 Å². The third kappa shape index (κ3) is 2.65. The molecule has 17 heavy (non-hydrogen) atoms. The normalized spacial score (nSPS) is 28.0. The van der Waals surface area contributed by atoms with Crippen molar-refractivity contribution in [3.8, 4) is 0 Å². The third-order valence-electron chi connectivity index (χ3n) is 3.18. The molecule has 1 N–H and O–H groups in total. The summed E-state index contributed by atoms with van der Waals surface area (Å²) in [5, 5.41) is 3.58. The first kappa shape index (κ1) is 11.5. The molecule has 0 radical (unpaired) electrons. The van der Waals surface area contributed by atoms with Gasteiger partial charge in [-0.15, -0.1) is 11.8 Å². The lowest BCUT2D eigenvalue weighted by atomic mass is 10.1. The molecule has 92 valence electrons. The Morgan fingerprint density at radius 2 is 2.24 bits per heavy atom. The van der Waals surface area contributed by atoms with Crippen LogP contribution in [0.15, 0.2) is 29.2 Å². The number of rotatable bonds is 3. The van der Waals surface area contributed by atoms with Crippen LogP contribution in [-0.4, -0.2) is 38.2 Å². The molecule has 2 unspecified atom stereocenters. The second-order valence-electron chi connectivity index (χ2n) is 4.38. The van der Waals surface area contributed by atoms with Crippen molar-refractivity contribution in [3.05, 3.63) is 29.8 Å². The first-order chi connectivity index (χ1) is 8.43. The number of nitrogens with one attached hydrogen (secondary N) is 1. The van der Waals surface area contributed by atoms with Crippen LogP contribution >= 0.6 is 11.8 Å². The smallest absolute Gasteiger partial charge is 0.0933 e. The van der Waals surface area contributed by atoms with Crippen molar-refractivity contribution >= 4 is 11.8 Å². The lowest BCUT2D eigenvalue weighted by Crippen LogP contribution is -2.38. The summed E-state index contributed by atoms with van der Waals surface area (Å²) in [5.74, 6) is 1.12. The summed E-state index contributed by atoms with van der Waals surface area (Å²) in [6, 6.07) is 9.08.